The van der Waals surface area contributed by atoms with Gasteiger partial charge in [-0.3, -0.25) is 4.79 Å². The zero-order chi connectivity index (χ0) is 13.0. The Bertz CT molecular complexity index is 412. The molecule has 0 spiro atoms. The fourth-order valence-electron chi connectivity index (χ4n) is 2.07. The van der Waals surface area contributed by atoms with Crippen LogP contribution in [0.3, 0.4) is 0 Å². The molecule has 0 amide bonds. The second-order valence-electron chi connectivity index (χ2n) is 4.35. The van der Waals surface area contributed by atoms with E-state index >= 15 is 0 Å². The zero-order valence-electron chi connectivity index (χ0n) is 10.3. The van der Waals surface area contributed by atoms with Gasteiger partial charge < -0.3 is 14.6 Å². The van der Waals surface area contributed by atoms with Crippen LogP contribution in [0.25, 0.3) is 0 Å². The summed E-state index contributed by atoms with van der Waals surface area (Å²) in [5.74, 6) is -0.794. The minimum Gasteiger partial charge on any atom is -0.481 e. The molecule has 0 aromatic carbocycles. The Kier molecular flexibility index (Phi) is 4.31. The Morgan fingerprint density at radius 3 is 2.94 bits per heavy atom. The molecule has 1 aromatic rings. The number of rotatable bonds is 5. The minimum atomic E-state index is -0.794. The van der Waals surface area contributed by atoms with E-state index in [1.165, 1.54) is 0 Å². The SMILES string of the molecule is COC1(c2nc(CCC(=O)O)cs2)CCOCC1. The fourth-order valence-corrected chi connectivity index (χ4v) is 3.16. The molecule has 2 rings (SSSR count). The highest BCUT2D eigenvalue weighted by molar-refractivity contribution is 7.09. The molecule has 6 heteroatoms. The minimum absolute atomic E-state index is 0.117. The van der Waals surface area contributed by atoms with E-state index in [2.05, 4.69) is 4.98 Å². The first-order valence-electron chi connectivity index (χ1n) is 5.96. The van der Waals surface area contributed by atoms with Crippen molar-refractivity contribution in [2.24, 2.45) is 0 Å². The van der Waals surface area contributed by atoms with Crippen molar-refractivity contribution < 1.29 is 19.4 Å². The van der Waals surface area contributed by atoms with Gasteiger partial charge in [-0.15, -0.1) is 11.3 Å². The largest absolute Gasteiger partial charge is 0.481 e. The van der Waals surface area contributed by atoms with E-state index in [9.17, 15) is 4.79 Å². The van der Waals surface area contributed by atoms with Crippen LogP contribution in [-0.4, -0.2) is 36.4 Å². The van der Waals surface area contributed by atoms with Gasteiger partial charge in [0.1, 0.15) is 10.6 Å². The molecule has 0 radical (unpaired) electrons. The van der Waals surface area contributed by atoms with Crippen molar-refractivity contribution in [2.45, 2.75) is 31.3 Å². The van der Waals surface area contributed by atoms with E-state index in [0.717, 1.165) is 23.5 Å². The van der Waals surface area contributed by atoms with Crippen molar-refractivity contribution >= 4 is 17.3 Å². The smallest absolute Gasteiger partial charge is 0.303 e. The number of methoxy groups -OCH3 is 1. The van der Waals surface area contributed by atoms with Crippen LogP contribution in [0.5, 0.6) is 0 Å². The van der Waals surface area contributed by atoms with Gasteiger partial charge in [0.2, 0.25) is 0 Å². The number of aromatic nitrogens is 1. The summed E-state index contributed by atoms with van der Waals surface area (Å²) in [5.41, 5.74) is 0.491. The van der Waals surface area contributed by atoms with E-state index in [0.29, 0.717) is 19.6 Å². The lowest BCUT2D eigenvalue weighted by Crippen LogP contribution is -2.35. The lowest BCUT2D eigenvalue weighted by Gasteiger charge is -2.33. The van der Waals surface area contributed by atoms with Gasteiger partial charge in [-0.05, 0) is 0 Å². The Morgan fingerprint density at radius 1 is 1.61 bits per heavy atom. The number of carboxylic acid groups (broad SMARTS) is 1. The Labute approximate surface area is 110 Å². The molecule has 0 unspecified atom stereocenters. The Morgan fingerprint density at radius 2 is 2.33 bits per heavy atom. The van der Waals surface area contributed by atoms with Crippen molar-refractivity contribution in [1.82, 2.24) is 4.98 Å². The normalized spacial score (nSPS) is 18.7. The highest BCUT2D eigenvalue weighted by atomic mass is 32.1. The zero-order valence-corrected chi connectivity index (χ0v) is 11.2. The summed E-state index contributed by atoms with van der Waals surface area (Å²) in [7, 11) is 1.70. The predicted octanol–water partition coefficient (Wildman–Crippen LogP) is 1.81. The van der Waals surface area contributed by atoms with Crippen LogP contribution in [0, 0.1) is 0 Å². The molecule has 0 atom stereocenters. The maximum absolute atomic E-state index is 10.5. The highest BCUT2D eigenvalue weighted by Crippen LogP contribution is 2.37. The first kappa shape index (κ1) is 13.5. The van der Waals surface area contributed by atoms with Crippen LogP contribution in [0.1, 0.15) is 30.0 Å². The molecule has 0 saturated carbocycles. The third-order valence-corrected chi connectivity index (χ3v) is 4.30. The molecule has 0 aliphatic carbocycles. The molecular formula is C12H17NO4S. The van der Waals surface area contributed by atoms with E-state index in [4.69, 9.17) is 14.6 Å². The number of thiazole rings is 1. The molecule has 1 fully saturated rings. The summed E-state index contributed by atoms with van der Waals surface area (Å²) in [6.07, 6.45) is 2.19. The van der Waals surface area contributed by atoms with Gasteiger partial charge in [0.05, 0.1) is 12.1 Å². The third-order valence-electron chi connectivity index (χ3n) is 3.23. The van der Waals surface area contributed by atoms with Gasteiger partial charge in [0.25, 0.3) is 0 Å². The average Bonchev–Trinajstić information content (AvgIpc) is 2.86. The molecular weight excluding hydrogens is 254 g/mol. The molecule has 1 aliphatic rings. The van der Waals surface area contributed by atoms with Gasteiger partial charge in [-0.25, -0.2) is 4.98 Å². The average molecular weight is 271 g/mol. The first-order chi connectivity index (χ1) is 8.66. The van der Waals surface area contributed by atoms with Gasteiger partial charge in [-0.1, -0.05) is 0 Å². The fraction of sp³-hybridized carbons (Fsp3) is 0.667. The topological polar surface area (TPSA) is 68.7 Å². The van der Waals surface area contributed by atoms with Crippen LogP contribution in [-0.2, 0) is 26.3 Å². The van der Waals surface area contributed by atoms with Crippen molar-refractivity contribution in [3.63, 3.8) is 0 Å². The van der Waals surface area contributed by atoms with E-state index in [-0.39, 0.29) is 12.0 Å². The third kappa shape index (κ3) is 2.88. The maximum Gasteiger partial charge on any atom is 0.303 e. The summed E-state index contributed by atoms with van der Waals surface area (Å²) in [4.78, 5) is 15.1. The van der Waals surface area contributed by atoms with Crippen molar-refractivity contribution in [2.75, 3.05) is 20.3 Å². The molecule has 5 nitrogen and oxygen atoms in total. The number of aliphatic carboxylic acids is 1. The highest BCUT2D eigenvalue weighted by Gasteiger charge is 2.37. The summed E-state index contributed by atoms with van der Waals surface area (Å²) >= 11 is 1.55. The van der Waals surface area contributed by atoms with Crippen molar-refractivity contribution in [3.8, 4) is 0 Å². The molecule has 100 valence electrons. The number of carbonyl (C=O) groups is 1. The molecule has 2 heterocycles. The lowest BCUT2D eigenvalue weighted by molar-refractivity contribution is -0.136. The van der Waals surface area contributed by atoms with E-state index in [1.54, 1.807) is 18.4 Å². The second kappa shape index (κ2) is 5.77. The van der Waals surface area contributed by atoms with Crippen molar-refractivity contribution in [3.05, 3.63) is 16.1 Å². The molecule has 1 saturated heterocycles. The molecule has 0 bridgehead atoms. The Balaban J connectivity index is 2.09. The summed E-state index contributed by atoms with van der Waals surface area (Å²) in [6, 6.07) is 0. The van der Waals surface area contributed by atoms with Crippen LogP contribution in [0.15, 0.2) is 5.38 Å². The molecule has 18 heavy (non-hydrogen) atoms. The van der Waals surface area contributed by atoms with Crippen LogP contribution in [0.2, 0.25) is 0 Å². The number of hydrogen-bond donors (Lipinski definition) is 1. The first-order valence-corrected chi connectivity index (χ1v) is 6.84. The van der Waals surface area contributed by atoms with Crippen molar-refractivity contribution in [1.29, 1.82) is 0 Å². The van der Waals surface area contributed by atoms with Crippen LogP contribution < -0.4 is 0 Å². The maximum atomic E-state index is 10.5. The van der Waals surface area contributed by atoms with Crippen LogP contribution >= 0.6 is 11.3 Å². The van der Waals surface area contributed by atoms with Gasteiger partial charge >= 0.3 is 5.97 Å². The standard InChI is InChI=1S/C12H17NO4S/c1-16-12(4-6-17-7-5-12)11-13-9(8-18-11)2-3-10(14)15/h8H,2-7H2,1H3,(H,14,15). The number of aryl methyl sites for hydroxylation is 1. The predicted molar refractivity (Wildman–Crippen MR) is 66.8 cm³/mol. The number of ether oxygens (including phenoxy) is 2. The molecule has 1 aliphatic heterocycles. The number of hydrogen-bond acceptors (Lipinski definition) is 5. The molecule has 1 aromatic heterocycles. The molecule has 1 N–H and O–H groups in total. The number of carboxylic acids is 1. The number of nitrogens with zero attached hydrogens (tertiary/aromatic N) is 1. The summed E-state index contributed by atoms with van der Waals surface area (Å²) in [5, 5.41) is 11.5. The lowest BCUT2D eigenvalue weighted by atomic mass is 9.95. The van der Waals surface area contributed by atoms with E-state index in [1.807, 2.05) is 5.38 Å². The second-order valence-corrected chi connectivity index (χ2v) is 5.21. The van der Waals surface area contributed by atoms with E-state index < -0.39 is 5.97 Å². The quantitative estimate of drug-likeness (QED) is 0.884. The summed E-state index contributed by atoms with van der Waals surface area (Å²) < 4.78 is 11.0. The van der Waals surface area contributed by atoms with Gasteiger partial charge in [0.15, 0.2) is 0 Å². The Hall–Kier alpha value is -0.980. The van der Waals surface area contributed by atoms with Crippen LogP contribution in [0.4, 0.5) is 0 Å². The van der Waals surface area contributed by atoms with Gasteiger partial charge in [0, 0.05) is 45.0 Å². The summed E-state index contributed by atoms with van der Waals surface area (Å²) in [6.45, 7) is 1.36. The monoisotopic (exact) mass is 271 g/mol. The van der Waals surface area contributed by atoms with Gasteiger partial charge in [-0.2, -0.15) is 0 Å².